The van der Waals surface area contributed by atoms with E-state index in [0.29, 0.717) is 12.1 Å². The highest BCUT2D eigenvalue weighted by atomic mass is 35.5. The van der Waals surface area contributed by atoms with Gasteiger partial charge in [-0.3, -0.25) is 14.5 Å². The summed E-state index contributed by atoms with van der Waals surface area (Å²) in [6.07, 6.45) is 1.34. The van der Waals surface area contributed by atoms with Gasteiger partial charge in [0.15, 0.2) is 0 Å². The molecule has 1 N–H and O–H groups in total. The highest BCUT2D eigenvalue weighted by molar-refractivity contribution is 6.41. The van der Waals surface area contributed by atoms with Gasteiger partial charge in [-0.05, 0) is 24.7 Å². The molecule has 2 aromatic rings. The zero-order valence-electron chi connectivity index (χ0n) is 12.7. The van der Waals surface area contributed by atoms with Gasteiger partial charge >= 0.3 is 0 Å². The minimum atomic E-state index is -0.430. The van der Waals surface area contributed by atoms with E-state index in [0.717, 1.165) is 5.56 Å². The molecule has 0 aliphatic heterocycles. The van der Waals surface area contributed by atoms with Gasteiger partial charge in [0.2, 0.25) is 0 Å². The van der Waals surface area contributed by atoms with E-state index in [1.807, 2.05) is 24.1 Å². The summed E-state index contributed by atoms with van der Waals surface area (Å²) in [6, 6.07) is 7.25. The maximum atomic E-state index is 11.9. The van der Waals surface area contributed by atoms with Crippen LogP contribution in [0, 0.1) is 0 Å². The van der Waals surface area contributed by atoms with Crippen LogP contribution in [0.5, 0.6) is 0 Å². The van der Waals surface area contributed by atoms with E-state index >= 15 is 0 Å². The largest absolute Gasteiger partial charge is 0.355 e. The fourth-order valence-electron chi connectivity index (χ4n) is 2.04. The number of aromatic nitrogens is 2. The lowest BCUT2D eigenvalue weighted by molar-refractivity contribution is 0.0963. The quantitative estimate of drug-likeness (QED) is 0.891. The number of amides is 1. The number of benzene rings is 1. The molecule has 0 atom stereocenters. The average molecular weight is 355 g/mol. The molecular formula is C15H16Cl2N4O2. The second-order valence-corrected chi connectivity index (χ2v) is 5.83. The Morgan fingerprint density at radius 2 is 1.96 bits per heavy atom. The van der Waals surface area contributed by atoms with Crippen molar-refractivity contribution in [3.63, 3.8) is 0 Å². The predicted molar refractivity (Wildman–Crippen MR) is 89.8 cm³/mol. The van der Waals surface area contributed by atoms with E-state index in [1.54, 1.807) is 19.2 Å². The van der Waals surface area contributed by atoms with Crippen LogP contribution in [-0.4, -0.2) is 34.7 Å². The zero-order valence-corrected chi connectivity index (χ0v) is 14.2. The molecule has 1 aromatic heterocycles. The lowest BCUT2D eigenvalue weighted by Crippen LogP contribution is -2.31. The molecule has 0 aliphatic rings. The first-order valence-corrected chi connectivity index (χ1v) is 7.58. The first-order chi connectivity index (χ1) is 10.9. The number of nitrogens with zero attached hydrogens (tertiary/aromatic N) is 3. The topological polar surface area (TPSA) is 67.2 Å². The summed E-state index contributed by atoms with van der Waals surface area (Å²) >= 11 is 11.6. The van der Waals surface area contributed by atoms with E-state index in [4.69, 9.17) is 23.2 Å². The molecule has 1 heterocycles. The third kappa shape index (κ3) is 4.31. The van der Waals surface area contributed by atoms with Gasteiger partial charge in [-0.2, -0.15) is 5.10 Å². The van der Waals surface area contributed by atoms with E-state index in [1.165, 1.54) is 10.9 Å². The van der Waals surface area contributed by atoms with Crippen molar-refractivity contribution in [2.75, 3.05) is 14.1 Å². The van der Waals surface area contributed by atoms with Crippen LogP contribution in [0.4, 0.5) is 0 Å². The van der Waals surface area contributed by atoms with E-state index in [9.17, 15) is 9.59 Å². The van der Waals surface area contributed by atoms with Crippen LogP contribution >= 0.6 is 23.2 Å². The van der Waals surface area contributed by atoms with Crippen LogP contribution in [0.1, 0.15) is 15.9 Å². The maximum Gasteiger partial charge on any atom is 0.288 e. The van der Waals surface area contributed by atoms with Crippen molar-refractivity contribution in [3.05, 3.63) is 62.0 Å². The number of rotatable bonds is 5. The van der Waals surface area contributed by atoms with Crippen LogP contribution in [-0.2, 0) is 13.2 Å². The fourth-order valence-corrected chi connectivity index (χ4v) is 2.31. The molecule has 6 nitrogen and oxygen atoms in total. The molecule has 1 amide bonds. The summed E-state index contributed by atoms with van der Waals surface area (Å²) in [5, 5.41) is 6.64. The molecule has 23 heavy (non-hydrogen) atoms. The van der Waals surface area contributed by atoms with Crippen LogP contribution in [0.25, 0.3) is 0 Å². The van der Waals surface area contributed by atoms with Crippen molar-refractivity contribution >= 4 is 29.1 Å². The van der Waals surface area contributed by atoms with Gasteiger partial charge < -0.3 is 5.32 Å². The van der Waals surface area contributed by atoms with Crippen molar-refractivity contribution in [1.29, 1.82) is 0 Å². The molecule has 1 aromatic carbocycles. The summed E-state index contributed by atoms with van der Waals surface area (Å²) in [5.74, 6) is -0.128. The SMILES string of the molecule is CNC(=O)c1ccc(CN(C)Cn2ncc(Cl)c(Cl)c2=O)cc1. The second kappa shape index (κ2) is 7.59. The molecule has 0 unspecified atom stereocenters. The smallest absolute Gasteiger partial charge is 0.288 e. The van der Waals surface area contributed by atoms with Crippen LogP contribution < -0.4 is 10.9 Å². The lowest BCUT2D eigenvalue weighted by Gasteiger charge is -2.17. The van der Waals surface area contributed by atoms with E-state index in [2.05, 4.69) is 10.4 Å². The van der Waals surface area contributed by atoms with Gasteiger partial charge in [0.1, 0.15) is 5.02 Å². The first kappa shape index (κ1) is 17.5. The maximum absolute atomic E-state index is 11.9. The van der Waals surface area contributed by atoms with Gasteiger partial charge in [-0.1, -0.05) is 35.3 Å². The molecule has 0 saturated carbocycles. The monoisotopic (exact) mass is 354 g/mol. The van der Waals surface area contributed by atoms with Gasteiger partial charge in [0.25, 0.3) is 11.5 Å². The minimum absolute atomic E-state index is 0.0370. The van der Waals surface area contributed by atoms with Crippen molar-refractivity contribution in [2.24, 2.45) is 0 Å². The van der Waals surface area contributed by atoms with Crippen molar-refractivity contribution < 1.29 is 4.79 Å². The van der Waals surface area contributed by atoms with Gasteiger partial charge in [0, 0.05) is 19.2 Å². The third-order valence-electron chi connectivity index (χ3n) is 3.21. The van der Waals surface area contributed by atoms with Gasteiger partial charge in [-0.25, -0.2) is 4.68 Å². The molecule has 8 heteroatoms. The fraction of sp³-hybridized carbons (Fsp3) is 0.267. The molecule has 2 rings (SSSR count). The summed E-state index contributed by atoms with van der Waals surface area (Å²) in [5.41, 5.74) is 1.18. The number of carbonyl (C=O) groups excluding carboxylic acids is 1. The first-order valence-electron chi connectivity index (χ1n) is 6.83. The number of nitrogens with one attached hydrogen (secondary N) is 1. The summed E-state index contributed by atoms with van der Waals surface area (Å²) in [6.45, 7) is 0.856. The number of hydrogen-bond acceptors (Lipinski definition) is 4. The van der Waals surface area contributed by atoms with E-state index < -0.39 is 5.56 Å². The number of carbonyl (C=O) groups is 1. The Morgan fingerprint density at radius 1 is 1.30 bits per heavy atom. The van der Waals surface area contributed by atoms with Crippen LogP contribution in [0.3, 0.4) is 0 Å². The highest BCUT2D eigenvalue weighted by Gasteiger charge is 2.10. The molecule has 0 saturated heterocycles. The molecule has 0 bridgehead atoms. The average Bonchev–Trinajstić information content (AvgIpc) is 2.55. The summed E-state index contributed by atoms with van der Waals surface area (Å²) < 4.78 is 1.24. The van der Waals surface area contributed by atoms with Crippen LogP contribution in [0.15, 0.2) is 35.3 Å². The normalized spacial score (nSPS) is 10.8. The third-order valence-corrected chi connectivity index (χ3v) is 3.96. The standard InChI is InChI=1S/C15H16Cl2N4O2/c1-18-14(22)11-5-3-10(4-6-11)8-20(2)9-21-15(23)13(17)12(16)7-19-21/h3-7H,8-9H2,1-2H3,(H,18,22). The molecule has 0 spiro atoms. The van der Waals surface area contributed by atoms with Crippen molar-refractivity contribution in [2.45, 2.75) is 13.2 Å². The molecule has 0 radical (unpaired) electrons. The zero-order chi connectivity index (χ0) is 17.0. The summed E-state index contributed by atoms with van der Waals surface area (Å²) in [7, 11) is 3.44. The van der Waals surface area contributed by atoms with Crippen molar-refractivity contribution in [1.82, 2.24) is 20.0 Å². The number of hydrogen-bond donors (Lipinski definition) is 1. The summed E-state index contributed by atoms with van der Waals surface area (Å²) in [4.78, 5) is 25.3. The molecular weight excluding hydrogens is 339 g/mol. The predicted octanol–water partition coefficient (Wildman–Crippen LogP) is 2.00. The van der Waals surface area contributed by atoms with Gasteiger partial charge in [-0.15, -0.1) is 0 Å². The van der Waals surface area contributed by atoms with Crippen LogP contribution in [0.2, 0.25) is 10.0 Å². The Labute approximate surface area is 143 Å². The highest BCUT2D eigenvalue weighted by Crippen LogP contribution is 2.14. The Bertz CT molecular complexity index is 759. The van der Waals surface area contributed by atoms with E-state index in [-0.39, 0.29) is 22.6 Å². The molecule has 0 aliphatic carbocycles. The molecule has 0 fully saturated rings. The minimum Gasteiger partial charge on any atom is -0.355 e. The second-order valence-electron chi connectivity index (χ2n) is 5.04. The lowest BCUT2D eigenvalue weighted by atomic mass is 10.1. The van der Waals surface area contributed by atoms with Crippen molar-refractivity contribution in [3.8, 4) is 0 Å². The number of halogens is 2. The Balaban J connectivity index is 2.05. The Morgan fingerprint density at radius 3 is 2.57 bits per heavy atom. The Kier molecular flexibility index (Phi) is 5.76. The van der Waals surface area contributed by atoms with Gasteiger partial charge in [0.05, 0.1) is 17.9 Å². The Hall–Kier alpha value is -1.89. The molecule has 122 valence electrons.